The van der Waals surface area contributed by atoms with Crippen LogP contribution >= 0.6 is 0 Å². The van der Waals surface area contributed by atoms with Crippen LogP contribution in [0.4, 0.5) is 15.8 Å². The van der Waals surface area contributed by atoms with Gasteiger partial charge in [0.1, 0.15) is 5.82 Å². The third kappa shape index (κ3) is 4.81. The molecule has 1 aromatic rings. The number of nitrogens with one attached hydrogen (secondary N) is 1. The van der Waals surface area contributed by atoms with Crippen LogP contribution in [0.3, 0.4) is 0 Å². The Morgan fingerprint density at radius 2 is 2.15 bits per heavy atom. The quantitative estimate of drug-likeness (QED) is 0.756. The standard InChI is InChI=1S/C15H24FN3O/c1-4-11(3)19(5-2)9-8-15(20)18-14-10-12(17)6-7-13(14)16/h6-7,10-11H,4-5,8-9,17H2,1-3H3,(H,18,20). The van der Waals surface area contributed by atoms with Crippen molar-refractivity contribution in [2.45, 2.75) is 39.7 Å². The fraction of sp³-hybridized carbons (Fsp3) is 0.533. The maximum atomic E-state index is 13.5. The molecule has 4 nitrogen and oxygen atoms in total. The largest absolute Gasteiger partial charge is 0.399 e. The van der Waals surface area contributed by atoms with E-state index < -0.39 is 5.82 Å². The van der Waals surface area contributed by atoms with Gasteiger partial charge in [0.2, 0.25) is 5.91 Å². The number of carbonyl (C=O) groups is 1. The third-order valence-corrected chi connectivity index (χ3v) is 3.51. The van der Waals surface area contributed by atoms with E-state index in [0.717, 1.165) is 13.0 Å². The van der Waals surface area contributed by atoms with E-state index in [1.807, 2.05) is 0 Å². The van der Waals surface area contributed by atoms with Gasteiger partial charge in [-0.2, -0.15) is 0 Å². The first-order valence-electron chi connectivity index (χ1n) is 7.06. The molecule has 3 N–H and O–H groups in total. The Bertz CT molecular complexity index is 451. The summed E-state index contributed by atoms with van der Waals surface area (Å²) >= 11 is 0. The number of anilines is 2. The zero-order chi connectivity index (χ0) is 15.1. The van der Waals surface area contributed by atoms with E-state index in [4.69, 9.17) is 5.73 Å². The Hall–Kier alpha value is -1.62. The molecule has 0 aliphatic heterocycles. The summed E-state index contributed by atoms with van der Waals surface area (Å²) in [4.78, 5) is 14.1. The van der Waals surface area contributed by atoms with E-state index in [1.165, 1.54) is 18.2 Å². The minimum absolute atomic E-state index is 0.140. The molecule has 1 amide bonds. The van der Waals surface area contributed by atoms with Gasteiger partial charge in [-0.05, 0) is 38.1 Å². The Morgan fingerprint density at radius 3 is 2.75 bits per heavy atom. The molecule has 0 heterocycles. The summed E-state index contributed by atoms with van der Waals surface area (Å²) in [5.41, 5.74) is 6.15. The normalized spacial score (nSPS) is 12.4. The van der Waals surface area contributed by atoms with Gasteiger partial charge in [0, 0.05) is 24.7 Å². The van der Waals surface area contributed by atoms with Crippen molar-refractivity contribution in [1.29, 1.82) is 0 Å². The van der Waals surface area contributed by atoms with E-state index in [1.54, 1.807) is 0 Å². The van der Waals surface area contributed by atoms with Crippen molar-refractivity contribution in [3.63, 3.8) is 0 Å². The highest BCUT2D eigenvalue weighted by Crippen LogP contribution is 2.17. The lowest BCUT2D eigenvalue weighted by atomic mass is 10.2. The SMILES string of the molecule is CCC(C)N(CC)CCC(=O)Nc1cc(N)ccc1F. The average molecular weight is 281 g/mol. The fourth-order valence-electron chi connectivity index (χ4n) is 2.04. The number of nitrogens with two attached hydrogens (primary N) is 1. The lowest BCUT2D eigenvalue weighted by Gasteiger charge is -2.26. The Labute approximate surface area is 120 Å². The van der Waals surface area contributed by atoms with E-state index >= 15 is 0 Å². The van der Waals surface area contributed by atoms with E-state index in [2.05, 4.69) is 31.0 Å². The Balaban J connectivity index is 2.53. The van der Waals surface area contributed by atoms with Gasteiger partial charge < -0.3 is 16.0 Å². The first kappa shape index (κ1) is 16.4. The maximum Gasteiger partial charge on any atom is 0.225 e. The van der Waals surface area contributed by atoms with Crippen LogP contribution in [0, 0.1) is 5.82 Å². The lowest BCUT2D eigenvalue weighted by molar-refractivity contribution is -0.116. The highest BCUT2D eigenvalue weighted by Gasteiger charge is 2.13. The summed E-state index contributed by atoms with van der Waals surface area (Å²) in [6, 6.07) is 4.59. The van der Waals surface area contributed by atoms with Crippen LogP contribution in [-0.2, 0) is 4.79 Å². The molecule has 1 rings (SSSR count). The van der Waals surface area contributed by atoms with Crippen LogP contribution in [0.15, 0.2) is 18.2 Å². The van der Waals surface area contributed by atoms with Gasteiger partial charge in [0.15, 0.2) is 0 Å². The third-order valence-electron chi connectivity index (χ3n) is 3.51. The summed E-state index contributed by atoms with van der Waals surface area (Å²) in [7, 11) is 0. The zero-order valence-electron chi connectivity index (χ0n) is 12.4. The number of hydrogen-bond donors (Lipinski definition) is 2. The molecule has 0 bridgehead atoms. The smallest absolute Gasteiger partial charge is 0.225 e. The molecule has 0 aliphatic carbocycles. The predicted molar refractivity (Wildman–Crippen MR) is 81.1 cm³/mol. The van der Waals surface area contributed by atoms with Gasteiger partial charge in [0.05, 0.1) is 5.69 Å². The first-order valence-corrected chi connectivity index (χ1v) is 7.06. The fourth-order valence-corrected chi connectivity index (χ4v) is 2.04. The van der Waals surface area contributed by atoms with Gasteiger partial charge >= 0.3 is 0 Å². The van der Waals surface area contributed by atoms with Gasteiger partial charge in [0.25, 0.3) is 0 Å². The maximum absolute atomic E-state index is 13.5. The number of nitrogens with zero attached hydrogens (tertiary/aromatic N) is 1. The molecule has 1 unspecified atom stereocenters. The molecule has 0 saturated carbocycles. The number of carbonyl (C=O) groups excluding carboxylic acids is 1. The number of rotatable bonds is 7. The molecule has 5 heteroatoms. The van der Waals surface area contributed by atoms with Gasteiger partial charge in [-0.3, -0.25) is 4.79 Å². The molecule has 0 aromatic heterocycles. The molecule has 1 atom stereocenters. The molecule has 0 spiro atoms. The minimum atomic E-state index is -0.471. The van der Waals surface area contributed by atoms with Crippen LogP contribution in [0.25, 0.3) is 0 Å². The number of amides is 1. The van der Waals surface area contributed by atoms with Crippen molar-refractivity contribution < 1.29 is 9.18 Å². The molecule has 0 saturated heterocycles. The summed E-state index contributed by atoms with van der Waals surface area (Å²) in [5, 5.41) is 2.57. The van der Waals surface area contributed by atoms with Crippen LogP contribution in [-0.4, -0.2) is 29.9 Å². The minimum Gasteiger partial charge on any atom is -0.399 e. The number of hydrogen-bond acceptors (Lipinski definition) is 3. The Kier molecular flexibility index (Phi) is 6.45. The summed E-state index contributed by atoms with van der Waals surface area (Å²) < 4.78 is 13.5. The van der Waals surface area contributed by atoms with Crippen LogP contribution in [0.1, 0.15) is 33.6 Å². The van der Waals surface area contributed by atoms with Crippen molar-refractivity contribution in [2.75, 3.05) is 24.1 Å². The van der Waals surface area contributed by atoms with Crippen LogP contribution in [0.5, 0.6) is 0 Å². The van der Waals surface area contributed by atoms with E-state index in [9.17, 15) is 9.18 Å². The molecular weight excluding hydrogens is 257 g/mol. The molecule has 0 fully saturated rings. The lowest BCUT2D eigenvalue weighted by Crippen LogP contribution is -2.35. The molecular formula is C15H24FN3O. The van der Waals surface area contributed by atoms with Crippen molar-refractivity contribution in [3.05, 3.63) is 24.0 Å². The topological polar surface area (TPSA) is 58.4 Å². The van der Waals surface area contributed by atoms with E-state index in [0.29, 0.717) is 24.7 Å². The van der Waals surface area contributed by atoms with Gasteiger partial charge in [-0.15, -0.1) is 0 Å². The van der Waals surface area contributed by atoms with Gasteiger partial charge in [-0.1, -0.05) is 13.8 Å². The molecule has 1 aromatic carbocycles. The van der Waals surface area contributed by atoms with Crippen LogP contribution in [0.2, 0.25) is 0 Å². The van der Waals surface area contributed by atoms with Gasteiger partial charge in [-0.25, -0.2) is 4.39 Å². The monoisotopic (exact) mass is 281 g/mol. The molecule has 0 aliphatic rings. The number of halogens is 1. The number of nitrogen functional groups attached to an aromatic ring is 1. The average Bonchev–Trinajstić information content (AvgIpc) is 2.43. The second-order valence-electron chi connectivity index (χ2n) is 4.92. The zero-order valence-corrected chi connectivity index (χ0v) is 12.4. The van der Waals surface area contributed by atoms with Crippen molar-refractivity contribution in [2.24, 2.45) is 0 Å². The highest BCUT2D eigenvalue weighted by atomic mass is 19.1. The first-order chi connectivity index (χ1) is 9.47. The van der Waals surface area contributed by atoms with Crippen LogP contribution < -0.4 is 11.1 Å². The van der Waals surface area contributed by atoms with Crippen molar-refractivity contribution >= 4 is 17.3 Å². The summed E-state index contributed by atoms with van der Waals surface area (Å²) in [5.74, 6) is -0.668. The highest BCUT2D eigenvalue weighted by molar-refractivity contribution is 5.91. The van der Waals surface area contributed by atoms with E-state index in [-0.39, 0.29) is 11.6 Å². The number of benzene rings is 1. The second kappa shape index (κ2) is 7.85. The molecule has 0 radical (unpaired) electrons. The summed E-state index contributed by atoms with van der Waals surface area (Å²) in [6.45, 7) is 7.90. The van der Waals surface area contributed by atoms with Crippen molar-refractivity contribution in [3.8, 4) is 0 Å². The Morgan fingerprint density at radius 1 is 1.45 bits per heavy atom. The van der Waals surface area contributed by atoms with Crippen molar-refractivity contribution in [1.82, 2.24) is 4.90 Å². The predicted octanol–water partition coefficient (Wildman–Crippen LogP) is 2.86. The molecule has 112 valence electrons. The summed E-state index contributed by atoms with van der Waals surface area (Å²) in [6.07, 6.45) is 1.38. The second-order valence-corrected chi connectivity index (χ2v) is 4.92. The molecule has 20 heavy (non-hydrogen) atoms.